The number of carbonyl (C=O) groups is 1. The van der Waals surface area contributed by atoms with E-state index in [1.165, 1.54) is 13.4 Å². The zero-order valence-corrected chi connectivity index (χ0v) is 16.3. The first kappa shape index (κ1) is 17.8. The van der Waals surface area contributed by atoms with Crippen molar-refractivity contribution in [2.45, 2.75) is 49.9 Å². The predicted octanol–water partition coefficient (Wildman–Crippen LogP) is 2.23. The molecule has 2 saturated carbocycles. The standard InChI is InChI=1S/C21H25NO6/c1-4-7-22-18(12(10-27-22)20(24)26-3)11-5-6-15(25-2)19-17(11)21-9-13(21)14(23)8-16(21)28-19/h5-6,10,13-14,16,18,23H,4,7-9H2,1-3H3/t13?,14-,16+,18?,21?/m1/s1. The average Bonchev–Trinajstić information content (AvgIpc) is 3.03. The molecule has 0 saturated heterocycles. The number of aliphatic hydroxyl groups excluding tert-OH is 1. The lowest BCUT2D eigenvalue weighted by molar-refractivity contribution is -0.138. The van der Waals surface area contributed by atoms with Crippen LogP contribution in [0.3, 0.4) is 0 Å². The molecule has 7 heteroatoms. The lowest BCUT2D eigenvalue weighted by atomic mass is 9.84. The molecule has 1 aromatic carbocycles. The minimum atomic E-state index is -0.403. The number of esters is 1. The lowest BCUT2D eigenvalue weighted by Gasteiger charge is -2.27. The Morgan fingerprint density at radius 2 is 2.21 bits per heavy atom. The van der Waals surface area contributed by atoms with E-state index >= 15 is 0 Å². The fourth-order valence-electron chi connectivity index (χ4n) is 5.46. The van der Waals surface area contributed by atoms with Crippen molar-refractivity contribution in [1.29, 1.82) is 0 Å². The molecule has 3 unspecified atom stereocenters. The van der Waals surface area contributed by atoms with Gasteiger partial charge in [0.25, 0.3) is 0 Å². The van der Waals surface area contributed by atoms with Crippen molar-refractivity contribution in [2.24, 2.45) is 5.92 Å². The molecule has 1 N–H and O–H groups in total. The summed E-state index contributed by atoms with van der Waals surface area (Å²) < 4.78 is 16.9. The van der Waals surface area contributed by atoms with Crippen molar-refractivity contribution in [3.8, 4) is 11.5 Å². The summed E-state index contributed by atoms with van der Waals surface area (Å²) >= 11 is 0. The van der Waals surface area contributed by atoms with E-state index in [1.54, 1.807) is 7.11 Å². The molecule has 4 aliphatic rings. The molecular weight excluding hydrogens is 362 g/mol. The third-order valence-electron chi connectivity index (χ3n) is 6.71. The second-order valence-electron chi connectivity index (χ2n) is 8.04. The number of fused-ring (bicyclic) bond motifs is 1. The summed E-state index contributed by atoms with van der Waals surface area (Å²) in [6.07, 6.45) is 3.49. The monoisotopic (exact) mass is 387 g/mol. The van der Waals surface area contributed by atoms with Crippen LogP contribution in [0.25, 0.3) is 0 Å². The van der Waals surface area contributed by atoms with E-state index < -0.39 is 5.97 Å². The number of ether oxygens (including phenoxy) is 3. The summed E-state index contributed by atoms with van der Waals surface area (Å²) in [6, 6.07) is 3.51. The van der Waals surface area contributed by atoms with Gasteiger partial charge in [-0.05, 0) is 30.4 Å². The zero-order chi connectivity index (χ0) is 19.6. The molecule has 0 amide bonds. The van der Waals surface area contributed by atoms with Crippen LogP contribution in [0.2, 0.25) is 0 Å². The number of benzene rings is 1. The van der Waals surface area contributed by atoms with Gasteiger partial charge < -0.3 is 24.2 Å². The van der Waals surface area contributed by atoms with Crippen molar-refractivity contribution in [1.82, 2.24) is 5.06 Å². The number of rotatable bonds is 5. The van der Waals surface area contributed by atoms with E-state index in [2.05, 4.69) is 6.92 Å². The zero-order valence-electron chi connectivity index (χ0n) is 16.3. The topological polar surface area (TPSA) is 77.5 Å². The highest BCUT2D eigenvalue weighted by Crippen LogP contribution is 2.72. The van der Waals surface area contributed by atoms with Crippen molar-refractivity contribution in [2.75, 3.05) is 20.8 Å². The van der Waals surface area contributed by atoms with Gasteiger partial charge >= 0.3 is 5.97 Å². The second-order valence-corrected chi connectivity index (χ2v) is 8.04. The van der Waals surface area contributed by atoms with Gasteiger partial charge in [0.1, 0.15) is 18.4 Å². The van der Waals surface area contributed by atoms with Crippen LogP contribution in [-0.4, -0.2) is 49.1 Å². The number of aliphatic hydroxyl groups is 1. The van der Waals surface area contributed by atoms with Crippen LogP contribution in [0.1, 0.15) is 43.4 Å². The molecule has 0 radical (unpaired) electrons. The summed E-state index contributed by atoms with van der Waals surface area (Å²) in [5.41, 5.74) is 2.31. The van der Waals surface area contributed by atoms with Gasteiger partial charge in [0.15, 0.2) is 11.5 Å². The molecule has 1 spiro atoms. The van der Waals surface area contributed by atoms with E-state index in [-0.39, 0.29) is 29.6 Å². The summed E-state index contributed by atoms with van der Waals surface area (Å²) in [5.74, 6) is 1.22. The molecule has 0 aromatic heterocycles. The third kappa shape index (κ3) is 2.14. The first-order chi connectivity index (χ1) is 13.6. The third-order valence-corrected chi connectivity index (χ3v) is 6.71. The maximum absolute atomic E-state index is 12.4. The Balaban J connectivity index is 1.66. The number of hydroxylamine groups is 2. The van der Waals surface area contributed by atoms with Crippen LogP contribution < -0.4 is 9.47 Å². The Hall–Kier alpha value is -2.25. The van der Waals surface area contributed by atoms with Crippen molar-refractivity contribution in [3.63, 3.8) is 0 Å². The van der Waals surface area contributed by atoms with Crippen LogP contribution in [-0.2, 0) is 19.8 Å². The van der Waals surface area contributed by atoms with Gasteiger partial charge in [-0.3, -0.25) is 0 Å². The van der Waals surface area contributed by atoms with Crippen molar-refractivity contribution >= 4 is 5.97 Å². The molecule has 1 aromatic rings. The Bertz CT molecular complexity index is 867. The van der Waals surface area contributed by atoms with Crippen LogP contribution in [0.4, 0.5) is 0 Å². The maximum Gasteiger partial charge on any atom is 0.339 e. The second kappa shape index (κ2) is 6.12. The molecule has 2 heterocycles. The van der Waals surface area contributed by atoms with Gasteiger partial charge in [-0.25, -0.2) is 4.79 Å². The van der Waals surface area contributed by atoms with Crippen LogP contribution in [0.15, 0.2) is 24.0 Å². The van der Waals surface area contributed by atoms with Gasteiger partial charge in [-0.1, -0.05) is 13.0 Å². The normalized spacial score (nSPS) is 34.6. The van der Waals surface area contributed by atoms with Crippen LogP contribution >= 0.6 is 0 Å². The van der Waals surface area contributed by atoms with E-state index in [9.17, 15) is 9.90 Å². The molecule has 7 nitrogen and oxygen atoms in total. The van der Waals surface area contributed by atoms with Gasteiger partial charge in [0, 0.05) is 23.9 Å². The number of nitrogens with zero attached hydrogens (tertiary/aromatic N) is 1. The minimum Gasteiger partial charge on any atom is -0.493 e. The fourth-order valence-corrected chi connectivity index (χ4v) is 5.46. The van der Waals surface area contributed by atoms with Crippen LogP contribution in [0.5, 0.6) is 11.5 Å². The molecule has 150 valence electrons. The van der Waals surface area contributed by atoms with Gasteiger partial charge in [-0.2, -0.15) is 0 Å². The fraction of sp³-hybridized carbons (Fsp3) is 0.571. The highest BCUT2D eigenvalue weighted by Gasteiger charge is 2.73. The Labute approximate surface area is 163 Å². The molecule has 28 heavy (non-hydrogen) atoms. The van der Waals surface area contributed by atoms with Crippen molar-refractivity contribution < 1.29 is 28.9 Å². The average molecular weight is 387 g/mol. The van der Waals surface area contributed by atoms with Crippen LogP contribution in [0, 0.1) is 5.92 Å². The molecule has 2 aliphatic carbocycles. The lowest BCUT2D eigenvalue weighted by Crippen LogP contribution is -2.29. The summed E-state index contributed by atoms with van der Waals surface area (Å²) in [4.78, 5) is 18.2. The molecular formula is C21H25NO6. The molecule has 0 bridgehead atoms. The Kier molecular flexibility index (Phi) is 3.90. The van der Waals surface area contributed by atoms with Crippen molar-refractivity contribution in [3.05, 3.63) is 35.1 Å². The quantitative estimate of drug-likeness (QED) is 0.777. The SMILES string of the molecule is CCCN1OC=C(C(=O)OC)C1c1ccc(OC)c2c1C13CC1[C@H](O)C[C@@H]3O2. The summed E-state index contributed by atoms with van der Waals surface area (Å²) in [7, 11) is 3.01. The number of hydrogen-bond acceptors (Lipinski definition) is 7. The van der Waals surface area contributed by atoms with E-state index in [0.29, 0.717) is 24.3 Å². The Morgan fingerprint density at radius 1 is 1.39 bits per heavy atom. The predicted molar refractivity (Wildman–Crippen MR) is 98.7 cm³/mol. The molecule has 2 aliphatic heterocycles. The first-order valence-electron chi connectivity index (χ1n) is 9.84. The Morgan fingerprint density at radius 3 is 2.89 bits per heavy atom. The summed E-state index contributed by atoms with van der Waals surface area (Å²) in [6.45, 7) is 2.74. The van der Waals surface area contributed by atoms with E-state index in [1.807, 2.05) is 17.2 Å². The smallest absolute Gasteiger partial charge is 0.339 e. The van der Waals surface area contributed by atoms with E-state index in [4.69, 9.17) is 19.0 Å². The largest absolute Gasteiger partial charge is 0.493 e. The molecule has 5 rings (SSSR count). The minimum absolute atomic E-state index is 0.0509. The number of carbonyl (C=O) groups excluding carboxylic acids is 1. The summed E-state index contributed by atoms with van der Waals surface area (Å²) in [5, 5.41) is 12.3. The highest BCUT2D eigenvalue weighted by molar-refractivity contribution is 5.90. The first-order valence-corrected chi connectivity index (χ1v) is 9.84. The van der Waals surface area contributed by atoms with E-state index in [0.717, 1.165) is 29.7 Å². The number of hydrogen-bond donors (Lipinski definition) is 1. The molecule has 2 fully saturated rings. The maximum atomic E-state index is 12.4. The molecule has 5 atom stereocenters. The number of methoxy groups -OCH3 is 2. The highest BCUT2D eigenvalue weighted by atomic mass is 16.7. The van der Waals surface area contributed by atoms with Gasteiger partial charge in [0.2, 0.25) is 0 Å². The van der Waals surface area contributed by atoms with Gasteiger partial charge in [-0.15, -0.1) is 5.06 Å². The van der Waals surface area contributed by atoms with Gasteiger partial charge in [0.05, 0.1) is 25.9 Å².